The van der Waals surface area contributed by atoms with Crippen molar-refractivity contribution in [1.82, 2.24) is 10.0 Å². The maximum absolute atomic E-state index is 12.9. The maximum atomic E-state index is 12.9. The molecule has 0 saturated carbocycles. The van der Waals surface area contributed by atoms with Crippen molar-refractivity contribution >= 4 is 27.8 Å². The van der Waals surface area contributed by atoms with Crippen LogP contribution in [0.4, 0.5) is 10.5 Å². The summed E-state index contributed by atoms with van der Waals surface area (Å²) in [6.07, 6.45) is 7.25. The van der Waals surface area contributed by atoms with E-state index in [9.17, 15) is 9.00 Å². The third-order valence-corrected chi connectivity index (χ3v) is 7.36. The Morgan fingerprint density at radius 3 is 2.30 bits per heavy atom. The highest BCUT2D eigenvalue weighted by molar-refractivity contribution is 7.95. The van der Waals surface area contributed by atoms with Crippen LogP contribution in [0.3, 0.4) is 0 Å². The van der Waals surface area contributed by atoms with Crippen molar-refractivity contribution in [3.63, 3.8) is 0 Å². The molecule has 1 saturated heterocycles. The molecule has 9 nitrogen and oxygen atoms in total. The van der Waals surface area contributed by atoms with Crippen molar-refractivity contribution in [2.24, 2.45) is 5.73 Å². The van der Waals surface area contributed by atoms with E-state index in [0.29, 0.717) is 19.7 Å². The molecule has 2 aliphatic carbocycles. The molecule has 0 spiro atoms. The predicted octanol–water partition coefficient (Wildman–Crippen LogP) is 2.03. The predicted molar refractivity (Wildman–Crippen MR) is 116 cm³/mol. The van der Waals surface area contributed by atoms with Crippen molar-refractivity contribution in [3.8, 4) is 0 Å². The molecule has 30 heavy (non-hydrogen) atoms. The largest absolute Gasteiger partial charge is 0.478 e. The lowest BCUT2D eigenvalue weighted by atomic mass is 9.92. The minimum atomic E-state index is -3.77. The lowest BCUT2D eigenvalue weighted by Gasteiger charge is -2.22. The molecule has 1 aromatic rings. The van der Waals surface area contributed by atoms with Gasteiger partial charge in [0.2, 0.25) is 5.88 Å². The zero-order valence-electron chi connectivity index (χ0n) is 16.9. The molecule has 1 aromatic carbocycles. The van der Waals surface area contributed by atoms with Crippen molar-refractivity contribution in [2.75, 3.05) is 18.5 Å². The zero-order chi connectivity index (χ0) is 21.3. The van der Waals surface area contributed by atoms with E-state index in [2.05, 4.69) is 15.4 Å². The molecule has 0 radical (unpaired) electrons. The maximum Gasteiger partial charge on any atom is 0.331 e. The minimum absolute atomic E-state index is 0.116. The zero-order valence-corrected chi connectivity index (χ0v) is 17.7. The molecule has 4 rings (SSSR count). The molecular weight excluding hydrogens is 404 g/mol. The number of urea groups is 1. The monoisotopic (exact) mass is 432 g/mol. The van der Waals surface area contributed by atoms with Crippen molar-refractivity contribution in [1.29, 1.82) is 10.2 Å². The number of nitrogens with two attached hydrogens (primary N) is 1. The summed E-state index contributed by atoms with van der Waals surface area (Å²) in [5.41, 5.74) is 12.8. The highest BCUT2D eigenvalue weighted by atomic mass is 32.2. The van der Waals surface area contributed by atoms with Crippen LogP contribution in [0, 0.1) is 10.2 Å². The van der Waals surface area contributed by atoms with Crippen molar-refractivity contribution < 1.29 is 13.7 Å². The first-order valence-electron chi connectivity index (χ1n) is 10.3. The smallest absolute Gasteiger partial charge is 0.331 e. The molecule has 1 heterocycles. The number of fused-ring (bicyclic) bond motifs is 2. The Morgan fingerprint density at radius 1 is 1.13 bits per heavy atom. The van der Waals surface area contributed by atoms with Gasteiger partial charge in [0, 0.05) is 25.0 Å². The van der Waals surface area contributed by atoms with Crippen molar-refractivity contribution in [2.45, 2.75) is 51.5 Å². The Kier molecular flexibility index (Phi) is 5.70. The lowest BCUT2D eigenvalue weighted by molar-refractivity contribution is 0.157. The van der Waals surface area contributed by atoms with E-state index in [0.717, 1.165) is 68.0 Å². The molecule has 2 amide bonds. The minimum Gasteiger partial charge on any atom is -0.478 e. The third-order valence-electron chi connectivity index (χ3n) is 5.96. The Labute approximate surface area is 176 Å². The summed E-state index contributed by atoms with van der Waals surface area (Å²) in [5, 5.41) is 13.4. The van der Waals surface area contributed by atoms with Crippen LogP contribution in [-0.2, 0) is 46.9 Å². The van der Waals surface area contributed by atoms with Crippen molar-refractivity contribution in [3.05, 3.63) is 38.6 Å². The van der Waals surface area contributed by atoms with E-state index < -0.39 is 15.9 Å². The van der Waals surface area contributed by atoms with Gasteiger partial charge >= 0.3 is 6.03 Å². The molecule has 1 aliphatic heterocycles. The topological polar surface area (TPSA) is 153 Å². The van der Waals surface area contributed by atoms with E-state index in [4.69, 9.17) is 20.7 Å². The summed E-state index contributed by atoms with van der Waals surface area (Å²) in [6, 6.07) is -0.713. The summed E-state index contributed by atoms with van der Waals surface area (Å²) >= 11 is 0. The van der Waals surface area contributed by atoms with Crippen LogP contribution in [0.25, 0.3) is 0 Å². The molecular formula is C20H28N6O3S. The SMILES string of the molecule is N=C/C(=C1\NCCCO1)S(=N)(=O)NC(=O)Nc1c2c(c(CN)c3c1CCC3)CCC2. The van der Waals surface area contributed by atoms with E-state index in [-0.39, 0.29) is 10.8 Å². The van der Waals surface area contributed by atoms with Crippen LogP contribution >= 0.6 is 0 Å². The van der Waals surface area contributed by atoms with Gasteiger partial charge in [-0.3, -0.25) is 0 Å². The third kappa shape index (κ3) is 3.65. The van der Waals surface area contributed by atoms with Crippen LogP contribution in [-0.4, -0.2) is 29.6 Å². The molecule has 7 N–H and O–H groups in total. The molecule has 3 aliphatic rings. The fourth-order valence-corrected chi connectivity index (χ4v) is 5.71. The van der Waals surface area contributed by atoms with Gasteiger partial charge in [0.25, 0.3) is 0 Å². The Bertz CT molecular complexity index is 988. The second-order valence-electron chi connectivity index (χ2n) is 7.76. The van der Waals surface area contributed by atoms with E-state index in [1.807, 2.05) is 0 Å². The Balaban J connectivity index is 1.62. The van der Waals surface area contributed by atoms with Gasteiger partial charge in [-0.25, -0.2) is 18.5 Å². The summed E-state index contributed by atoms with van der Waals surface area (Å²) in [6.45, 7) is 1.51. The number of anilines is 1. The normalized spacial score (nSPS) is 20.8. The highest BCUT2D eigenvalue weighted by Gasteiger charge is 2.30. The van der Waals surface area contributed by atoms with E-state index in [1.54, 1.807) is 0 Å². The van der Waals surface area contributed by atoms with Gasteiger partial charge in [-0.1, -0.05) is 0 Å². The summed E-state index contributed by atoms with van der Waals surface area (Å²) in [5.74, 6) is 0.116. The molecule has 162 valence electrons. The number of rotatable bonds is 5. The number of hydrogen-bond donors (Lipinski definition) is 6. The average Bonchev–Trinajstić information content (AvgIpc) is 3.38. The summed E-state index contributed by atoms with van der Waals surface area (Å²) in [4.78, 5) is 12.6. The number of nitrogens with one attached hydrogen (secondary N) is 5. The van der Waals surface area contributed by atoms with Crippen LogP contribution in [0.2, 0.25) is 0 Å². The van der Waals surface area contributed by atoms with E-state index in [1.165, 1.54) is 16.7 Å². The second kappa shape index (κ2) is 8.27. The molecule has 1 unspecified atom stereocenters. The first-order chi connectivity index (χ1) is 14.5. The van der Waals surface area contributed by atoms with Gasteiger partial charge in [0.15, 0.2) is 9.92 Å². The Hall–Kier alpha value is -2.59. The number of allylic oxidation sites excluding steroid dienone is 1. The molecule has 0 aromatic heterocycles. The number of carbonyl (C=O) groups is 1. The number of carbonyl (C=O) groups excluding carboxylic acids is 1. The standard InChI is InChI=1S/C20H28N6O3S/c21-10-16-12-4-1-6-14(12)18(15-7-2-5-13(15)16)25-20(27)26-30(23,28)17(11-22)19-24-8-3-9-29-19/h11,22,24H,1-10,21H2,(H3,23,25,26,27,28)/b19-17-,22-11?. The summed E-state index contributed by atoms with van der Waals surface area (Å²) < 4.78 is 28.8. The van der Waals surface area contributed by atoms with Crippen LogP contribution < -0.4 is 21.1 Å². The van der Waals surface area contributed by atoms with Gasteiger partial charge in [-0.2, -0.15) is 0 Å². The Morgan fingerprint density at radius 2 is 1.77 bits per heavy atom. The quantitative estimate of drug-likeness (QED) is 0.393. The first kappa shape index (κ1) is 20.7. The lowest BCUT2D eigenvalue weighted by Crippen LogP contribution is -2.37. The average molecular weight is 433 g/mol. The summed E-state index contributed by atoms with van der Waals surface area (Å²) in [7, 11) is -3.77. The number of amides is 2. The number of ether oxygens (including phenoxy) is 1. The van der Waals surface area contributed by atoms with Crippen LogP contribution in [0.15, 0.2) is 10.8 Å². The fourth-order valence-electron chi connectivity index (χ4n) is 4.73. The molecule has 0 bridgehead atoms. The van der Waals surface area contributed by atoms with Gasteiger partial charge in [-0.15, -0.1) is 0 Å². The molecule has 10 heteroatoms. The first-order valence-corrected chi connectivity index (χ1v) is 11.9. The second-order valence-corrected chi connectivity index (χ2v) is 9.51. The molecule has 1 fully saturated rings. The van der Waals surface area contributed by atoms with Crippen LogP contribution in [0.5, 0.6) is 0 Å². The number of benzene rings is 1. The number of hydrogen-bond acceptors (Lipinski definition) is 7. The van der Waals surface area contributed by atoms with Gasteiger partial charge in [0.1, 0.15) is 4.91 Å². The van der Waals surface area contributed by atoms with Gasteiger partial charge < -0.3 is 26.5 Å². The van der Waals surface area contributed by atoms with Crippen LogP contribution in [0.1, 0.15) is 47.1 Å². The van der Waals surface area contributed by atoms with Gasteiger partial charge in [-0.05, 0) is 72.8 Å². The highest BCUT2D eigenvalue weighted by Crippen LogP contribution is 2.41. The fraction of sp³-hybridized carbons (Fsp3) is 0.500. The van der Waals surface area contributed by atoms with Gasteiger partial charge in [0.05, 0.1) is 6.61 Å². The molecule has 1 atom stereocenters. The van der Waals surface area contributed by atoms with E-state index >= 15 is 0 Å².